The molecule has 0 heterocycles. The highest BCUT2D eigenvalue weighted by Gasteiger charge is 2.33. The first kappa shape index (κ1) is 30.5. The molecule has 10 heteroatoms. The molecule has 0 radical (unpaired) electrons. The van der Waals surface area contributed by atoms with Crippen molar-refractivity contribution in [2.24, 2.45) is 0 Å². The molecule has 0 saturated carbocycles. The number of carbonyl (C=O) groups excluding carboxylic acids is 2. The first-order valence-corrected chi connectivity index (χ1v) is 15.3. The summed E-state index contributed by atoms with van der Waals surface area (Å²) >= 11 is 12.2. The maximum atomic E-state index is 14.0. The predicted octanol–water partition coefficient (Wildman–Crippen LogP) is 5.32. The molecule has 208 valence electrons. The minimum Gasteiger partial charge on any atom is -0.354 e. The Morgan fingerprint density at radius 3 is 2.18 bits per heavy atom. The van der Waals surface area contributed by atoms with E-state index >= 15 is 0 Å². The number of nitrogens with one attached hydrogen (secondary N) is 1. The molecule has 3 aromatic carbocycles. The molecule has 1 atom stereocenters. The quantitative estimate of drug-likeness (QED) is 0.273. The Labute approximate surface area is 240 Å². The average molecular weight is 591 g/mol. The van der Waals surface area contributed by atoms with E-state index in [4.69, 9.17) is 23.2 Å². The normalized spacial score (nSPS) is 12.0. The fourth-order valence-corrected chi connectivity index (χ4v) is 5.30. The summed E-state index contributed by atoms with van der Waals surface area (Å²) in [7, 11) is -3.84. The second-order valence-corrected chi connectivity index (χ2v) is 12.0. The second kappa shape index (κ2) is 14.4. The number of sulfonamides is 1. The topological polar surface area (TPSA) is 86.8 Å². The predicted molar refractivity (Wildman–Crippen MR) is 157 cm³/mol. The van der Waals surface area contributed by atoms with Crippen molar-refractivity contribution in [3.05, 3.63) is 100 Å². The molecule has 1 N–H and O–H groups in total. The van der Waals surface area contributed by atoms with Gasteiger partial charge in [0.2, 0.25) is 21.8 Å². The van der Waals surface area contributed by atoms with Gasteiger partial charge in [0.05, 0.1) is 11.9 Å². The highest BCUT2D eigenvalue weighted by Crippen LogP contribution is 2.23. The van der Waals surface area contributed by atoms with Crippen LogP contribution >= 0.6 is 23.2 Å². The summed E-state index contributed by atoms with van der Waals surface area (Å²) in [5.74, 6) is -0.831. The molecule has 0 aliphatic carbocycles. The molecule has 0 saturated heterocycles. The number of rotatable bonds is 13. The Morgan fingerprint density at radius 2 is 1.56 bits per heavy atom. The van der Waals surface area contributed by atoms with Crippen LogP contribution in [0.4, 0.5) is 5.69 Å². The second-order valence-electron chi connectivity index (χ2n) is 9.25. The molecule has 0 spiro atoms. The van der Waals surface area contributed by atoms with Gasteiger partial charge in [0.15, 0.2) is 0 Å². The molecule has 39 heavy (non-hydrogen) atoms. The SMILES string of the molecule is CCCCNC(=O)[C@@H](Cc1ccccc1)N(Cc1cccc(Cl)c1)C(=O)CN(c1ccc(Cl)cc1)S(C)(=O)=O. The summed E-state index contributed by atoms with van der Waals surface area (Å²) in [6.07, 6.45) is 2.99. The highest BCUT2D eigenvalue weighted by molar-refractivity contribution is 7.92. The average Bonchev–Trinajstić information content (AvgIpc) is 2.90. The highest BCUT2D eigenvalue weighted by atomic mass is 35.5. The van der Waals surface area contributed by atoms with E-state index in [1.54, 1.807) is 30.3 Å². The van der Waals surface area contributed by atoms with Crippen LogP contribution in [0.5, 0.6) is 0 Å². The molecule has 7 nitrogen and oxygen atoms in total. The van der Waals surface area contributed by atoms with Crippen molar-refractivity contribution >= 4 is 50.7 Å². The van der Waals surface area contributed by atoms with E-state index in [0.717, 1.165) is 29.0 Å². The Morgan fingerprint density at radius 1 is 0.897 bits per heavy atom. The molecule has 0 aliphatic heterocycles. The summed E-state index contributed by atoms with van der Waals surface area (Å²) in [6.45, 7) is 2.07. The number of benzene rings is 3. The van der Waals surface area contributed by atoms with Gasteiger partial charge in [-0.1, -0.05) is 79.0 Å². The third-order valence-electron chi connectivity index (χ3n) is 6.14. The van der Waals surface area contributed by atoms with E-state index in [9.17, 15) is 18.0 Å². The number of anilines is 1. The number of carbonyl (C=O) groups is 2. The Balaban J connectivity index is 2.02. The zero-order valence-corrected chi connectivity index (χ0v) is 24.3. The van der Waals surface area contributed by atoms with E-state index in [-0.39, 0.29) is 18.9 Å². The monoisotopic (exact) mass is 589 g/mol. The van der Waals surface area contributed by atoms with Crippen LogP contribution in [0.25, 0.3) is 0 Å². The molecule has 0 aromatic heterocycles. The van der Waals surface area contributed by atoms with Gasteiger partial charge in [-0.25, -0.2) is 8.42 Å². The van der Waals surface area contributed by atoms with Gasteiger partial charge in [0, 0.05) is 29.6 Å². The van der Waals surface area contributed by atoms with Gasteiger partial charge in [0.1, 0.15) is 12.6 Å². The van der Waals surface area contributed by atoms with Crippen molar-refractivity contribution in [2.75, 3.05) is 23.7 Å². The summed E-state index contributed by atoms with van der Waals surface area (Å²) in [5, 5.41) is 3.88. The number of hydrogen-bond donors (Lipinski definition) is 1. The fourth-order valence-electron chi connectivity index (χ4n) is 4.11. The molecule has 2 amide bonds. The number of nitrogens with zero attached hydrogens (tertiary/aromatic N) is 2. The minimum atomic E-state index is -3.84. The van der Waals surface area contributed by atoms with Crippen LogP contribution in [0.3, 0.4) is 0 Å². The van der Waals surface area contributed by atoms with Gasteiger partial charge in [-0.2, -0.15) is 0 Å². The number of halogens is 2. The lowest BCUT2D eigenvalue weighted by molar-refractivity contribution is -0.140. The lowest BCUT2D eigenvalue weighted by atomic mass is 10.0. The van der Waals surface area contributed by atoms with Crippen molar-refractivity contribution in [1.82, 2.24) is 10.2 Å². The lowest BCUT2D eigenvalue weighted by Gasteiger charge is -2.33. The first-order valence-electron chi connectivity index (χ1n) is 12.7. The van der Waals surface area contributed by atoms with E-state index in [1.807, 2.05) is 43.3 Å². The lowest BCUT2D eigenvalue weighted by Crippen LogP contribution is -2.53. The number of amides is 2. The third-order valence-corrected chi connectivity index (χ3v) is 7.76. The number of hydrogen-bond acceptors (Lipinski definition) is 4. The van der Waals surface area contributed by atoms with Gasteiger partial charge in [-0.05, 0) is 53.9 Å². The Kier molecular flexibility index (Phi) is 11.2. The molecule has 3 rings (SSSR count). The third kappa shape index (κ3) is 9.27. The molecule has 0 bridgehead atoms. The van der Waals surface area contributed by atoms with E-state index in [1.165, 1.54) is 17.0 Å². The smallest absolute Gasteiger partial charge is 0.244 e. The van der Waals surface area contributed by atoms with Crippen LogP contribution in [0, 0.1) is 0 Å². The maximum absolute atomic E-state index is 14.0. The fraction of sp³-hybridized carbons (Fsp3) is 0.310. The van der Waals surface area contributed by atoms with Crippen LogP contribution < -0.4 is 9.62 Å². The van der Waals surface area contributed by atoms with Gasteiger partial charge >= 0.3 is 0 Å². The van der Waals surface area contributed by atoms with E-state index in [0.29, 0.717) is 27.8 Å². The van der Waals surface area contributed by atoms with Gasteiger partial charge in [-0.3, -0.25) is 13.9 Å². The molecule has 0 fully saturated rings. The van der Waals surface area contributed by atoms with Gasteiger partial charge in [0.25, 0.3) is 0 Å². The summed E-state index contributed by atoms with van der Waals surface area (Å²) < 4.78 is 26.6. The maximum Gasteiger partial charge on any atom is 0.244 e. The molecular weight excluding hydrogens is 557 g/mol. The van der Waals surface area contributed by atoms with Gasteiger partial charge in [-0.15, -0.1) is 0 Å². The number of unbranched alkanes of at least 4 members (excludes halogenated alkanes) is 1. The van der Waals surface area contributed by atoms with Crippen LogP contribution in [-0.2, 0) is 32.6 Å². The van der Waals surface area contributed by atoms with Crippen molar-refractivity contribution in [3.63, 3.8) is 0 Å². The summed E-state index contributed by atoms with van der Waals surface area (Å²) in [6, 6.07) is 21.7. The van der Waals surface area contributed by atoms with Crippen molar-refractivity contribution in [1.29, 1.82) is 0 Å². The largest absolute Gasteiger partial charge is 0.354 e. The van der Waals surface area contributed by atoms with Crippen LogP contribution in [0.2, 0.25) is 10.0 Å². The summed E-state index contributed by atoms with van der Waals surface area (Å²) in [4.78, 5) is 29.0. The summed E-state index contributed by atoms with van der Waals surface area (Å²) in [5.41, 5.74) is 1.88. The molecule has 0 aliphatic rings. The molecule has 0 unspecified atom stereocenters. The Bertz CT molecular complexity index is 1350. The standard InChI is InChI=1S/C29H33Cl2N3O4S/c1-3-4-17-32-29(36)27(19-22-9-6-5-7-10-22)33(20-23-11-8-12-25(31)18-23)28(35)21-34(39(2,37)38)26-15-13-24(30)14-16-26/h5-16,18,27H,3-4,17,19-21H2,1-2H3,(H,32,36)/t27-/m1/s1. The van der Waals surface area contributed by atoms with Crippen molar-refractivity contribution in [2.45, 2.75) is 38.8 Å². The zero-order valence-electron chi connectivity index (χ0n) is 22.0. The zero-order chi connectivity index (χ0) is 28.4. The van der Waals surface area contributed by atoms with Crippen LogP contribution in [0.1, 0.15) is 30.9 Å². The van der Waals surface area contributed by atoms with E-state index in [2.05, 4.69) is 5.32 Å². The molecular formula is C29H33Cl2N3O4S. The van der Waals surface area contributed by atoms with E-state index < -0.39 is 28.5 Å². The van der Waals surface area contributed by atoms with Crippen LogP contribution in [0.15, 0.2) is 78.9 Å². The first-order chi connectivity index (χ1) is 18.6. The minimum absolute atomic E-state index is 0.0658. The van der Waals surface area contributed by atoms with Crippen molar-refractivity contribution < 1.29 is 18.0 Å². The Hall–Kier alpha value is -3.07. The van der Waals surface area contributed by atoms with Crippen LogP contribution in [-0.4, -0.2) is 50.5 Å². The van der Waals surface area contributed by atoms with Crippen molar-refractivity contribution in [3.8, 4) is 0 Å². The van der Waals surface area contributed by atoms with Gasteiger partial charge < -0.3 is 10.2 Å². The molecule has 3 aromatic rings.